The number of rotatable bonds is 8. The summed E-state index contributed by atoms with van der Waals surface area (Å²) >= 11 is 0. The van der Waals surface area contributed by atoms with Crippen molar-refractivity contribution >= 4 is 11.8 Å². The van der Waals surface area contributed by atoms with Crippen LogP contribution < -0.4 is 10.6 Å². The van der Waals surface area contributed by atoms with Gasteiger partial charge in [-0.05, 0) is 6.92 Å². The number of hydrogen-bond donors (Lipinski definition) is 2. The van der Waals surface area contributed by atoms with E-state index >= 15 is 0 Å². The van der Waals surface area contributed by atoms with Gasteiger partial charge < -0.3 is 20.1 Å². The molecule has 0 aromatic carbocycles. The SMILES string of the molecule is CCOCC(=O)N[C@H]1Cc2c(C(=O)NCCOC)cnn2C1. The normalized spacial score (nSPS) is 16.4. The van der Waals surface area contributed by atoms with Crippen molar-refractivity contribution in [3.05, 3.63) is 17.5 Å². The Hall–Kier alpha value is -1.93. The Labute approximate surface area is 129 Å². The summed E-state index contributed by atoms with van der Waals surface area (Å²) in [4.78, 5) is 23.7. The fraction of sp³-hybridized carbons (Fsp3) is 0.643. The molecular formula is C14H22N4O4. The predicted octanol–water partition coefficient (Wildman–Crippen LogP) is -0.663. The maximum absolute atomic E-state index is 12.1. The minimum Gasteiger partial charge on any atom is -0.383 e. The minimum atomic E-state index is -0.167. The zero-order valence-electron chi connectivity index (χ0n) is 12.9. The molecule has 1 aliphatic heterocycles. The Morgan fingerprint density at radius 1 is 1.50 bits per heavy atom. The highest BCUT2D eigenvalue weighted by atomic mass is 16.5. The van der Waals surface area contributed by atoms with Gasteiger partial charge in [0.25, 0.3) is 5.91 Å². The van der Waals surface area contributed by atoms with Gasteiger partial charge in [0.15, 0.2) is 0 Å². The number of nitrogens with one attached hydrogen (secondary N) is 2. The van der Waals surface area contributed by atoms with Crippen LogP contribution in [0, 0.1) is 0 Å². The summed E-state index contributed by atoms with van der Waals surface area (Å²) < 4.78 is 11.7. The van der Waals surface area contributed by atoms with Crippen LogP contribution in [0.15, 0.2) is 6.20 Å². The molecule has 0 saturated heterocycles. The van der Waals surface area contributed by atoms with E-state index in [0.29, 0.717) is 38.3 Å². The van der Waals surface area contributed by atoms with Gasteiger partial charge in [-0.2, -0.15) is 5.10 Å². The van der Waals surface area contributed by atoms with Gasteiger partial charge in [0.05, 0.1) is 36.6 Å². The lowest BCUT2D eigenvalue weighted by molar-refractivity contribution is -0.126. The zero-order valence-corrected chi connectivity index (χ0v) is 12.9. The second-order valence-corrected chi connectivity index (χ2v) is 5.04. The summed E-state index contributed by atoms with van der Waals surface area (Å²) in [5.74, 6) is -0.316. The third-order valence-electron chi connectivity index (χ3n) is 3.42. The molecule has 1 aromatic rings. The van der Waals surface area contributed by atoms with E-state index in [-0.39, 0.29) is 24.5 Å². The molecule has 0 radical (unpaired) electrons. The molecule has 1 atom stereocenters. The molecule has 2 heterocycles. The van der Waals surface area contributed by atoms with E-state index in [1.807, 2.05) is 6.92 Å². The fourth-order valence-corrected chi connectivity index (χ4v) is 2.40. The Kier molecular flexibility index (Phi) is 5.91. The average Bonchev–Trinajstić information content (AvgIpc) is 3.04. The molecule has 0 bridgehead atoms. The summed E-state index contributed by atoms with van der Waals surface area (Å²) in [6, 6.07) is -0.0535. The third-order valence-corrected chi connectivity index (χ3v) is 3.42. The Morgan fingerprint density at radius 2 is 2.32 bits per heavy atom. The highest BCUT2D eigenvalue weighted by molar-refractivity contribution is 5.95. The summed E-state index contributed by atoms with van der Waals surface area (Å²) in [7, 11) is 1.58. The van der Waals surface area contributed by atoms with Gasteiger partial charge in [-0.1, -0.05) is 0 Å². The quantitative estimate of drug-likeness (QED) is 0.622. The van der Waals surface area contributed by atoms with Crippen molar-refractivity contribution in [2.24, 2.45) is 0 Å². The first-order chi connectivity index (χ1) is 10.7. The van der Waals surface area contributed by atoms with Crippen LogP contribution in [0.1, 0.15) is 23.0 Å². The van der Waals surface area contributed by atoms with Crippen LogP contribution in [0.3, 0.4) is 0 Å². The van der Waals surface area contributed by atoms with Gasteiger partial charge in [-0.3, -0.25) is 14.3 Å². The van der Waals surface area contributed by atoms with Crippen LogP contribution in [-0.4, -0.2) is 61.1 Å². The second kappa shape index (κ2) is 7.90. The Morgan fingerprint density at radius 3 is 3.05 bits per heavy atom. The van der Waals surface area contributed by atoms with Gasteiger partial charge in [0.1, 0.15) is 6.61 Å². The lowest BCUT2D eigenvalue weighted by atomic mass is 10.1. The number of fused-ring (bicyclic) bond motifs is 1. The van der Waals surface area contributed by atoms with Gasteiger partial charge in [-0.25, -0.2) is 0 Å². The molecule has 8 heteroatoms. The third kappa shape index (κ3) is 4.05. The molecule has 2 rings (SSSR count). The Balaban J connectivity index is 1.89. The summed E-state index contributed by atoms with van der Waals surface area (Å²) in [6.45, 7) is 3.89. The van der Waals surface area contributed by atoms with Crippen LogP contribution in [0.2, 0.25) is 0 Å². The number of aromatic nitrogens is 2. The summed E-state index contributed by atoms with van der Waals surface area (Å²) in [5.41, 5.74) is 1.40. The standard InChI is InChI=1S/C14H22N4O4/c1-3-22-9-13(19)17-10-6-12-11(7-16-18(12)8-10)14(20)15-4-5-21-2/h7,10H,3-6,8-9H2,1-2H3,(H,15,20)(H,17,19)/t10-/m0/s1. The lowest BCUT2D eigenvalue weighted by Crippen LogP contribution is -2.38. The van der Waals surface area contributed by atoms with Crippen LogP contribution >= 0.6 is 0 Å². The van der Waals surface area contributed by atoms with Crippen molar-refractivity contribution in [3.63, 3.8) is 0 Å². The van der Waals surface area contributed by atoms with Crippen molar-refractivity contribution in [2.75, 3.05) is 33.5 Å². The van der Waals surface area contributed by atoms with E-state index in [4.69, 9.17) is 9.47 Å². The molecular weight excluding hydrogens is 288 g/mol. The van der Waals surface area contributed by atoms with E-state index in [9.17, 15) is 9.59 Å². The highest BCUT2D eigenvalue weighted by Crippen LogP contribution is 2.18. The number of hydrogen-bond acceptors (Lipinski definition) is 5. The van der Waals surface area contributed by atoms with E-state index in [2.05, 4.69) is 15.7 Å². The van der Waals surface area contributed by atoms with E-state index < -0.39 is 0 Å². The van der Waals surface area contributed by atoms with Crippen molar-refractivity contribution in [1.29, 1.82) is 0 Å². The first kappa shape index (κ1) is 16.4. The number of ether oxygens (including phenoxy) is 2. The molecule has 1 aromatic heterocycles. The molecule has 1 aliphatic rings. The van der Waals surface area contributed by atoms with E-state index in [1.54, 1.807) is 18.0 Å². The number of amides is 2. The number of carbonyl (C=O) groups excluding carboxylic acids is 2. The molecule has 0 unspecified atom stereocenters. The fourth-order valence-electron chi connectivity index (χ4n) is 2.40. The van der Waals surface area contributed by atoms with E-state index in [0.717, 1.165) is 5.69 Å². The van der Waals surface area contributed by atoms with Crippen molar-refractivity contribution < 1.29 is 19.1 Å². The van der Waals surface area contributed by atoms with Gasteiger partial charge in [0, 0.05) is 26.7 Å². The molecule has 0 saturated carbocycles. The zero-order chi connectivity index (χ0) is 15.9. The van der Waals surface area contributed by atoms with Gasteiger partial charge >= 0.3 is 0 Å². The monoisotopic (exact) mass is 310 g/mol. The molecule has 122 valence electrons. The average molecular weight is 310 g/mol. The number of nitrogens with zero attached hydrogens (tertiary/aromatic N) is 2. The molecule has 0 aliphatic carbocycles. The van der Waals surface area contributed by atoms with Crippen LogP contribution in [-0.2, 0) is 27.2 Å². The summed E-state index contributed by atoms with van der Waals surface area (Å²) in [6.07, 6.45) is 2.15. The maximum atomic E-state index is 12.1. The van der Waals surface area contributed by atoms with Crippen LogP contribution in [0.25, 0.3) is 0 Å². The van der Waals surface area contributed by atoms with E-state index in [1.165, 1.54) is 0 Å². The van der Waals surface area contributed by atoms with Crippen LogP contribution in [0.5, 0.6) is 0 Å². The molecule has 0 spiro atoms. The maximum Gasteiger partial charge on any atom is 0.254 e. The molecule has 2 N–H and O–H groups in total. The highest BCUT2D eigenvalue weighted by Gasteiger charge is 2.28. The molecule has 2 amide bonds. The first-order valence-electron chi connectivity index (χ1n) is 7.34. The van der Waals surface area contributed by atoms with Crippen molar-refractivity contribution in [2.45, 2.75) is 25.9 Å². The Bertz CT molecular complexity index is 529. The second-order valence-electron chi connectivity index (χ2n) is 5.04. The largest absolute Gasteiger partial charge is 0.383 e. The minimum absolute atomic E-state index is 0.0535. The topological polar surface area (TPSA) is 94.5 Å². The molecule has 8 nitrogen and oxygen atoms in total. The number of carbonyl (C=O) groups is 2. The smallest absolute Gasteiger partial charge is 0.254 e. The van der Waals surface area contributed by atoms with Gasteiger partial charge in [0.2, 0.25) is 5.91 Å². The predicted molar refractivity (Wildman–Crippen MR) is 78.6 cm³/mol. The first-order valence-corrected chi connectivity index (χ1v) is 7.34. The molecule has 22 heavy (non-hydrogen) atoms. The van der Waals surface area contributed by atoms with Crippen LogP contribution in [0.4, 0.5) is 0 Å². The van der Waals surface area contributed by atoms with Crippen molar-refractivity contribution in [1.82, 2.24) is 20.4 Å². The lowest BCUT2D eigenvalue weighted by Gasteiger charge is -2.11. The summed E-state index contributed by atoms with van der Waals surface area (Å²) in [5, 5.41) is 9.87. The molecule has 0 fully saturated rings. The van der Waals surface area contributed by atoms with Crippen molar-refractivity contribution in [3.8, 4) is 0 Å². The number of methoxy groups -OCH3 is 1. The van der Waals surface area contributed by atoms with Gasteiger partial charge in [-0.15, -0.1) is 0 Å².